The SMILES string of the molecule is COc1ccc(S(=O)(=O)Nc2ccc3c(c2)CCCO3)cc1. The lowest BCUT2D eigenvalue weighted by Crippen LogP contribution is -2.14. The number of anilines is 1. The summed E-state index contributed by atoms with van der Waals surface area (Å²) in [5.74, 6) is 1.45. The van der Waals surface area contributed by atoms with Crippen LogP contribution >= 0.6 is 0 Å². The van der Waals surface area contributed by atoms with Crippen LogP contribution in [0.25, 0.3) is 0 Å². The largest absolute Gasteiger partial charge is 0.497 e. The maximum Gasteiger partial charge on any atom is 0.261 e. The lowest BCUT2D eigenvalue weighted by molar-refractivity contribution is 0.288. The fourth-order valence-corrected chi connectivity index (χ4v) is 3.44. The van der Waals surface area contributed by atoms with Crippen molar-refractivity contribution >= 4 is 15.7 Å². The number of hydrogen-bond acceptors (Lipinski definition) is 4. The molecule has 0 aromatic heterocycles. The van der Waals surface area contributed by atoms with Gasteiger partial charge in [0.25, 0.3) is 10.0 Å². The first kappa shape index (κ1) is 14.7. The number of methoxy groups -OCH3 is 1. The van der Waals surface area contributed by atoms with Crippen molar-refractivity contribution in [3.8, 4) is 11.5 Å². The lowest BCUT2D eigenvalue weighted by atomic mass is 10.1. The summed E-state index contributed by atoms with van der Waals surface area (Å²) in [7, 11) is -2.07. The summed E-state index contributed by atoms with van der Waals surface area (Å²) in [6, 6.07) is 11.6. The van der Waals surface area contributed by atoms with Crippen molar-refractivity contribution in [3.63, 3.8) is 0 Å². The molecule has 5 nitrogen and oxygen atoms in total. The third-order valence-corrected chi connectivity index (χ3v) is 4.93. The molecule has 1 aliphatic heterocycles. The minimum Gasteiger partial charge on any atom is -0.497 e. The van der Waals surface area contributed by atoms with Gasteiger partial charge in [0, 0.05) is 5.69 Å². The Kier molecular flexibility index (Phi) is 3.94. The molecular weight excluding hydrogens is 302 g/mol. The fourth-order valence-electron chi connectivity index (χ4n) is 2.39. The minimum absolute atomic E-state index is 0.197. The van der Waals surface area contributed by atoms with Gasteiger partial charge in [-0.1, -0.05) is 0 Å². The summed E-state index contributed by atoms with van der Waals surface area (Å²) in [4.78, 5) is 0.197. The monoisotopic (exact) mass is 319 g/mol. The molecule has 0 fully saturated rings. The second-order valence-electron chi connectivity index (χ2n) is 5.06. The van der Waals surface area contributed by atoms with Gasteiger partial charge in [-0.25, -0.2) is 8.42 Å². The summed E-state index contributed by atoms with van der Waals surface area (Å²) < 4.78 is 37.9. The third kappa shape index (κ3) is 3.01. The minimum atomic E-state index is -3.61. The van der Waals surface area contributed by atoms with Gasteiger partial charge in [-0.3, -0.25) is 4.72 Å². The molecule has 0 radical (unpaired) electrons. The second kappa shape index (κ2) is 5.88. The van der Waals surface area contributed by atoms with Crippen LogP contribution in [0, 0.1) is 0 Å². The van der Waals surface area contributed by atoms with Crippen LogP contribution in [0.5, 0.6) is 11.5 Å². The van der Waals surface area contributed by atoms with Crippen molar-refractivity contribution in [2.45, 2.75) is 17.7 Å². The average Bonchev–Trinajstić information content (AvgIpc) is 2.54. The molecule has 0 bridgehead atoms. The van der Waals surface area contributed by atoms with E-state index >= 15 is 0 Å². The van der Waals surface area contributed by atoms with Gasteiger partial charge in [0.05, 0.1) is 18.6 Å². The Balaban J connectivity index is 1.84. The highest BCUT2D eigenvalue weighted by molar-refractivity contribution is 7.92. The molecule has 0 saturated carbocycles. The molecule has 2 aromatic rings. The first-order valence-electron chi connectivity index (χ1n) is 7.01. The van der Waals surface area contributed by atoms with Crippen molar-refractivity contribution in [2.24, 2.45) is 0 Å². The predicted molar refractivity (Wildman–Crippen MR) is 84.1 cm³/mol. The van der Waals surface area contributed by atoms with Gasteiger partial charge >= 0.3 is 0 Å². The molecule has 0 amide bonds. The molecule has 0 aliphatic carbocycles. The Hall–Kier alpha value is -2.21. The molecule has 2 aromatic carbocycles. The van der Waals surface area contributed by atoms with Gasteiger partial charge < -0.3 is 9.47 Å². The number of ether oxygens (including phenoxy) is 2. The maximum absolute atomic E-state index is 12.4. The van der Waals surface area contributed by atoms with Gasteiger partial charge in [0.1, 0.15) is 11.5 Å². The van der Waals surface area contributed by atoms with Crippen LogP contribution in [0.4, 0.5) is 5.69 Å². The van der Waals surface area contributed by atoms with Crippen LogP contribution in [0.2, 0.25) is 0 Å². The van der Waals surface area contributed by atoms with Gasteiger partial charge in [-0.05, 0) is 60.9 Å². The van der Waals surface area contributed by atoms with Gasteiger partial charge in [0.2, 0.25) is 0 Å². The molecule has 3 rings (SSSR count). The predicted octanol–water partition coefficient (Wildman–Crippen LogP) is 2.82. The summed E-state index contributed by atoms with van der Waals surface area (Å²) in [5, 5.41) is 0. The van der Waals surface area contributed by atoms with E-state index in [0.29, 0.717) is 18.0 Å². The molecule has 0 unspecified atom stereocenters. The Bertz CT molecular complexity index is 769. The van der Waals surface area contributed by atoms with Crippen LogP contribution in [-0.2, 0) is 16.4 Å². The number of sulfonamides is 1. The zero-order valence-corrected chi connectivity index (χ0v) is 13.0. The normalized spacial score (nSPS) is 13.9. The Morgan fingerprint density at radius 1 is 1.14 bits per heavy atom. The highest BCUT2D eigenvalue weighted by Gasteiger charge is 2.16. The Morgan fingerprint density at radius 2 is 1.91 bits per heavy atom. The highest BCUT2D eigenvalue weighted by Crippen LogP contribution is 2.28. The lowest BCUT2D eigenvalue weighted by Gasteiger charge is -2.18. The average molecular weight is 319 g/mol. The number of benzene rings is 2. The van der Waals surface area contributed by atoms with Crippen molar-refractivity contribution in [2.75, 3.05) is 18.4 Å². The first-order chi connectivity index (χ1) is 10.6. The molecule has 0 atom stereocenters. The van der Waals surface area contributed by atoms with E-state index in [1.165, 1.54) is 19.2 Å². The number of aryl methyl sites for hydroxylation is 1. The molecule has 0 spiro atoms. The quantitative estimate of drug-likeness (QED) is 0.941. The number of fused-ring (bicyclic) bond motifs is 1. The Morgan fingerprint density at radius 3 is 2.64 bits per heavy atom. The van der Waals surface area contributed by atoms with E-state index in [2.05, 4.69) is 4.72 Å². The van der Waals surface area contributed by atoms with Crippen molar-refractivity contribution in [3.05, 3.63) is 48.0 Å². The molecular formula is C16H17NO4S. The summed E-state index contributed by atoms with van der Waals surface area (Å²) >= 11 is 0. The first-order valence-corrected chi connectivity index (χ1v) is 8.49. The number of hydrogen-bond donors (Lipinski definition) is 1. The molecule has 0 saturated heterocycles. The zero-order valence-electron chi connectivity index (χ0n) is 12.2. The Labute approximate surface area is 129 Å². The van der Waals surface area contributed by atoms with E-state index in [9.17, 15) is 8.42 Å². The van der Waals surface area contributed by atoms with E-state index in [4.69, 9.17) is 9.47 Å². The summed E-state index contributed by atoms with van der Waals surface area (Å²) in [6.45, 7) is 0.712. The maximum atomic E-state index is 12.4. The fraction of sp³-hybridized carbons (Fsp3) is 0.250. The smallest absolute Gasteiger partial charge is 0.261 e. The van der Waals surface area contributed by atoms with E-state index in [-0.39, 0.29) is 4.90 Å². The van der Waals surface area contributed by atoms with Gasteiger partial charge in [-0.2, -0.15) is 0 Å². The van der Waals surface area contributed by atoms with Crippen LogP contribution in [0.1, 0.15) is 12.0 Å². The summed E-state index contributed by atoms with van der Waals surface area (Å²) in [6.07, 6.45) is 1.84. The van der Waals surface area contributed by atoms with Crippen molar-refractivity contribution < 1.29 is 17.9 Å². The van der Waals surface area contributed by atoms with E-state index in [1.807, 2.05) is 6.07 Å². The standard InChI is InChI=1S/C16H17NO4S/c1-20-14-5-7-15(8-6-14)22(18,19)17-13-4-9-16-12(11-13)3-2-10-21-16/h4-9,11,17H,2-3,10H2,1H3. The third-order valence-electron chi connectivity index (χ3n) is 3.53. The molecule has 6 heteroatoms. The number of rotatable bonds is 4. The van der Waals surface area contributed by atoms with Crippen LogP contribution in [-0.4, -0.2) is 22.1 Å². The van der Waals surface area contributed by atoms with Crippen LogP contribution in [0.3, 0.4) is 0 Å². The van der Waals surface area contributed by atoms with Crippen molar-refractivity contribution in [1.29, 1.82) is 0 Å². The molecule has 22 heavy (non-hydrogen) atoms. The van der Waals surface area contributed by atoms with Gasteiger partial charge in [-0.15, -0.1) is 0 Å². The van der Waals surface area contributed by atoms with E-state index in [1.54, 1.807) is 24.3 Å². The van der Waals surface area contributed by atoms with Crippen molar-refractivity contribution in [1.82, 2.24) is 0 Å². The topological polar surface area (TPSA) is 64.6 Å². The zero-order chi connectivity index (χ0) is 15.6. The molecule has 116 valence electrons. The molecule has 1 aliphatic rings. The van der Waals surface area contributed by atoms with Gasteiger partial charge in [0.15, 0.2) is 0 Å². The second-order valence-corrected chi connectivity index (χ2v) is 6.74. The molecule has 1 heterocycles. The molecule has 1 N–H and O–H groups in total. The van der Waals surface area contributed by atoms with Crippen LogP contribution < -0.4 is 14.2 Å². The number of nitrogens with one attached hydrogen (secondary N) is 1. The van der Waals surface area contributed by atoms with E-state index < -0.39 is 10.0 Å². The van der Waals surface area contributed by atoms with E-state index in [0.717, 1.165) is 24.2 Å². The van der Waals surface area contributed by atoms with Crippen LogP contribution in [0.15, 0.2) is 47.4 Å². The summed E-state index contributed by atoms with van der Waals surface area (Å²) in [5.41, 5.74) is 1.57. The highest BCUT2D eigenvalue weighted by atomic mass is 32.2.